The van der Waals surface area contributed by atoms with Gasteiger partial charge < -0.3 is 11.1 Å². The zero-order valence-corrected chi connectivity index (χ0v) is 10.6. The number of anilines is 1. The van der Waals surface area contributed by atoms with E-state index in [1.807, 2.05) is 0 Å². The van der Waals surface area contributed by atoms with E-state index in [-0.39, 0.29) is 11.7 Å². The van der Waals surface area contributed by atoms with Gasteiger partial charge in [0.25, 0.3) is 0 Å². The Balaban J connectivity index is 2.18. The van der Waals surface area contributed by atoms with E-state index in [2.05, 4.69) is 34.3 Å². The quantitative estimate of drug-likeness (QED) is 0.704. The van der Waals surface area contributed by atoms with Gasteiger partial charge in [0.05, 0.1) is 0 Å². The van der Waals surface area contributed by atoms with E-state index in [1.165, 1.54) is 10.7 Å². The van der Waals surface area contributed by atoms with Crippen LogP contribution in [-0.4, -0.2) is 32.2 Å². The van der Waals surface area contributed by atoms with Crippen molar-refractivity contribution in [2.75, 3.05) is 11.9 Å². The van der Waals surface area contributed by atoms with Crippen LogP contribution in [0.1, 0.15) is 20.3 Å². The minimum atomic E-state index is -0.290. The molecule has 0 amide bonds. The van der Waals surface area contributed by atoms with Gasteiger partial charge in [0.1, 0.15) is 12.1 Å². The molecule has 1 unspecified atom stereocenters. The molecule has 0 bridgehead atoms. The number of aromatic nitrogens is 4. The predicted molar refractivity (Wildman–Crippen MR) is 69.5 cm³/mol. The van der Waals surface area contributed by atoms with Crippen molar-refractivity contribution >= 4 is 11.5 Å². The van der Waals surface area contributed by atoms with Crippen LogP contribution in [0.25, 0.3) is 5.65 Å². The third-order valence-electron chi connectivity index (χ3n) is 2.70. The number of hydrogen-bond acceptors (Lipinski definition) is 5. The molecule has 0 saturated heterocycles. The Hall–Kier alpha value is -1.89. The van der Waals surface area contributed by atoms with E-state index in [0.29, 0.717) is 23.9 Å². The number of rotatable bonds is 5. The van der Waals surface area contributed by atoms with E-state index in [4.69, 9.17) is 5.73 Å². The van der Waals surface area contributed by atoms with Crippen molar-refractivity contribution in [3.8, 4) is 0 Å². The van der Waals surface area contributed by atoms with Crippen molar-refractivity contribution in [3.05, 3.63) is 22.9 Å². The molecule has 98 valence electrons. The number of fused-ring (bicyclic) bond motifs is 1. The number of nitrogens with one attached hydrogen (secondary N) is 2. The van der Waals surface area contributed by atoms with Gasteiger partial charge in [0, 0.05) is 18.7 Å². The second-order valence-corrected chi connectivity index (χ2v) is 4.74. The summed E-state index contributed by atoms with van der Waals surface area (Å²) in [5.74, 6) is 1.24. The first-order valence-electron chi connectivity index (χ1n) is 5.99. The van der Waals surface area contributed by atoms with Gasteiger partial charge in [-0.25, -0.2) is 19.3 Å². The molecule has 2 aromatic rings. The van der Waals surface area contributed by atoms with Crippen molar-refractivity contribution in [2.45, 2.75) is 26.3 Å². The van der Waals surface area contributed by atoms with Crippen LogP contribution in [0.3, 0.4) is 0 Å². The fraction of sp³-hybridized carbons (Fsp3) is 0.545. The third kappa shape index (κ3) is 2.67. The lowest BCUT2D eigenvalue weighted by atomic mass is 10.0. The fourth-order valence-corrected chi connectivity index (χ4v) is 1.88. The maximum absolute atomic E-state index is 11.3. The topological polar surface area (TPSA) is 101 Å². The predicted octanol–water partition coefficient (Wildman–Crippen LogP) is 0.203. The van der Waals surface area contributed by atoms with Gasteiger partial charge in [-0.1, -0.05) is 13.8 Å². The summed E-state index contributed by atoms with van der Waals surface area (Å²) in [5, 5.41) is 9.51. The van der Waals surface area contributed by atoms with Crippen molar-refractivity contribution in [2.24, 2.45) is 11.7 Å². The first kappa shape index (κ1) is 12.6. The van der Waals surface area contributed by atoms with E-state index in [1.54, 1.807) is 6.07 Å². The van der Waals surface area contributed by atoms with Crippen LogP contribution in [0.5, 0.6) is 0 Å². The molecule has 0 aliphatic carbocycles. The molecule has 1 atom stereocenters. The molecule has 0 aliphatic rings. The Labute approximate surface area is 104 Å². The van der Waals surface area contributed by atoms with Crippen molar-refractivity contribution < 1.29 is 0 Å². The van der Waals surface area contributed by atoms with Gasteiger partial charge in [-0.05, 0) is 12.3 Å². The lowest BCUT2D eigenvalue weighted by molar-refractivity contribution is 0.521. The molecule has 0 radical (unpaired) electrons. The van der Waals surface area contributed by atoms with E-state index < -0.39 is 0 Å². The summed E-state index contributed by atoms with van der Waals surface area (Å²) >= 11 is 0. The maximum atomic E-state index is 11.3. The summed E-state index contributed by atoms with van der Waals surface area (Å²) in [4.78, 5) is 15.4. The lowest BCUT2D eigenvalue weighted by Crippen LogP contribution is -2.30. The van der Waals surface area contributed by atoms with Crippen molar-refractivity contribution in [3.63, 3.8) is 0 Å². The highest BCUT2D eigenvalue weighted by atomic mass is 16.1. The highest BCUT2D eigenvalue weighted by Gasteiger charge is 2.10. The molecule has 0 aliphatic heterocycles. The average molecular weight is 250 g/mol. The Morgan fingerprint density at radius 2 is 2.33 bits per heavy atom. The molecule has 7 nitrogen and oxygen atoms in total. The Morgan fingerprint density at radius 1 is 1.56 bits per heavy atom. The Bertz CT molecular complexity index is 572. The number of nitrogens with zero attached hydrogens (tertiary/aromatic N) is 3. The van der Waals surface area contributed by atoms with E-state index >= 15 is 0 Å². The smallest absolute Gasteiger partial charge is 0.348 e. The summed E-state index contributed by atoms with van der Waals surface area (Å²) in [7, 11) is 0. The maximum Gasteiger partial charge on any atom is 0.348 e. The van der Waals surface area contributed by atoms with Gasteiger partial charge in [0.2, 0.25) is 0 Å². The van der Waals surface area contributed by atoms with Crippen LogP contribution < -0.4 is 16.7 Å². The summed E-state index contributed by atoms with van der Waals surface area (Å²) in [6.45, 7) is 4.83. The minimum absolute atomic E-state index is 0.172. The van der Waals surface area contributed by atoms with Crippen molar-refractivity contribution in [1.29, 1.82) is 0 Å². The third-order valence-corrected chi connectivity index (χ3v) is 2.70. The Morgan fingerprint density at radius 3 is 3.00 bits per heavy atom. The van der Waals surface area contributed by atoms with Gasteiger partial charge in [-0.3, -0.25) is 0 Å². The molecule has 0 saturated carbocycles. The highest BCUT2D eigenvalue weighted by Crippen LogP contribution is 2.11. The summed E-state index contributed by atoms with van der Waals surface area (Å²) in [5.41, 5.74) is 5.97. The highest BCUT2D eigenvalue weighted by molar-refractivity contribution is 5.48. The SMILES string of the molecule is CC(C)CC(CN)Nc1cc2n[nH]c(=O)n2cn1. The zero-order chi connectivity index (χ0) is 13.1. The molecule has 2 aromatic heterocycles. The van der Waals surface area contributed by atoms with Crippen LogP contribution in [0, 0.1) is 5.92 Å². The fourth-order valence-electron chi connectivity index (χ4n) is 1.88. The molecule has 18 heavy (non-hydrogen) atoms. The van der Waals surface area contributed by atoms with Gasteiger partial charge in [-0.15, -0.1) is 0 Å². The molecule has 0 fully saturated rings. The largest absolute Gasteiger partial charge is 0.366 e. The molecular formula is C11H18N6O. The molecule has 0 spiro atoms. The second-order valence-electron chi connectivity index (χ2n) is 4.74. The molecule has 0 aromatic carbocycles. The van der Waals surface area contributed by atoms with Gasteiger partial charge in [0.15, 0.2) is 5.65 Å². The number of H-pyrrole nitrogens is 1. The summed E-state index contributed by atoms with van der Waals surface area (Å²) in [6.07, 6.45) is 2.42. The summed E-state index contributed by atoms with van der Waals surface area (Å²) < 4.78 is 1.35. The standard InChI is InChI=1S/C11H18N6O/c1-7(2)3-8(5-12)14-9-4-10-15-16-11(18)17(10)6-13-9/h4,6-8,14H,3,5,12H2,1-2H3,(H,16,18). The van der Waals surface area contributed by atoms with Crippen LogP contribution in [0.4, 0.5) is 5.82 Å². The molecule has 2 heterocycles. The van der Waals surface area contributed by atoms with E-state index in [9.17, 15) is 4.79 Å². The number of hydrogen-bond donors (Lipinski definition) is 3. The van der Waals surface area contributed by atoms with Crippen LogP contribution in [0.2, 0.25) is 0 Å². The Kier molecular flexibility index (Phi) is 3.61. The van der Waals surface area contributed by atoms with Crippen LogP contribution in [0.15, 0.2) is 17.2 Å². The van der Waals surface area contributed by atoms with Crippen molar-refractivity contribution in [1.82, 2.24) is 19.6 Å². The first-order chi connectivity index (χ1) is 8.60. The number of aromatic amines is 1. The second kappa shape index (κ2) is 5.18. The summed E-state index contributed by atoms with van der Waals surface area (Å²) in [6, 6.07) is 1.89. The van der Waals surface area contributed by atoms with Gasteiger partial charge in [-0.2, -0.15) is 5.10 Å². The zero-order valence-electron chi connectivity index (χ0n) is 10.6. The average Bonchev–Trinajstić information content (AvgIpc) is 2.69. The molecular weight excluding hydrogens is 232 g/mol. The lowest BCUT2D eigenvalue weighted by Gasteiger charge is -2.19. The van der Waals surface area contributed by atoms with E-state index in [0.717, 1.165) is 6.42 Å². The van der Waals surface area contributed by atoms with Crippen LogP contribution >= 0.6 is 0 Å². The molecule has 4 N–H and O–H groups in total. The number of nitrogens with two attached hydrogens (primary N) is 1. The van der Waals surface area contributed by atoms with Crippen LogP contribution in [-0.2, 0) is 0 Å². The first-order valence-corrected chi connectivity index (χ1v) is 5.99. The molecule has 7 heteroatoms. The monoisotopic (exact) mass is 250 g/mol. The van der Waals surface area contributed by atoms with Gasteiger partial charge >= 0.3 is 5.69 Å². The molecule has 2 rings (SSSR count). The normalized spacial score (nSPS) is 13.1. The minimum Gasteiger partial charge on any atom is -0.366 e.